The van der Waals surface area contributed by atoms with Crippen LogP contribution in [0.2, 0.25) is 0 Å². The zero-order valence-electron chi connectivity index (χ0n) is 8.50. The predicted molar refractivity (Wildman–Crippen MR) is 50.7 cm³/mol. The SMILES string of the molecule is CC(C)CN(CC(N)=O)C(C)C. The maximum absolute atomic E-state index is 10.7. The third-order valence-electron chi connectivity index (χ3n) is 1.69. The Kier molecular flexibility index (Phi) is 4.90. The summed E-state index contributed by atoms with van der Waals surface area (Å²) < 4.78 is 0. The lowest BCUT2D eigenvalue weighted by molar-refractivity contribution is -0.119. The molecule has 0 saturated carbocycles. The van der Waals surface area contributed by atoms with E-state index in [2.05, 4.69) is 32.6 Å². The zero-order chi connectivity index (χ0) is 9.72. The van der Waals surface area contributed by atoms with Crippen molar-refractivity contribution in [1.82, 2.24) is 4.90 Å². The summed E-state index contributed by atoms with van der Waals surface area (Å²) in [6.45, 7) is 9.72. The second-order valence-corrected chi connectivity index (χ2v) is 3.88. The summed E-state index contributed by atoms with van der Waals surface area (Å²) in [6.07, 6.45) is 0. The molecule has 3 nitrogen and oxygen atoms in total. The van der Waals surface area contributed by atoms with Crippen LogP contribution in [0.15, 0.2) is 0 Å². The lowest BCUT2D eigenvalue weighted by Crippen LogP contribution is -2.40. The largest absolute Gasteiger partial charge is 0.369 e. The van der Waals surface area contributed by atoms with Crippen LogP contribution >= 0.6 is 0 Å². The van der Waals surface area contributed by atoms with E-state index in [-0.39, 0.29) is 5.91 Å². The Balaban J connectivity index is 3.95. The van der Waals surface area contributed by atoms with Crippen molar-refractivity contribution in [2.45, 2.75) is 33.7 Å². The molecule has 0 aliphatic rings. The van der Waals surface area contributed by atoms with Gasteiger partial charge in [-0.1, -0.05) is 13.8 Å². The van der Waals surface area contributed by atoms with Gasteiger partial charge in [0.2, 0.25) is 5.91 Å². The van der Waals surface area contributed by atoms with Crippen molar-refractivity contribution in [3.8, 4) is 0 Å². The monoisotopic (exact) mass is 172 g/mol. The van der Waals surface area contributed by atoms with Crippen molar-refractivity contribution in [1.29, 1.82) is 0 Å². The van der Waals surface area contributed by atoms with Crippen molar-refractivity contribution >= 4 is 5.91 Å². The highest BCUT2D eigenvalue weighted by Crippen LogP contribution is 2.02. The first-order valence-corrected chi connectivity index (χ1v) is 4.45. The van der Waals surface area contributed by atoms with Crippen LogP contribution in [0.25, 0.3) is 0 Å². The third-order valence-corrected chi connectivity index (χ3v) is 1.69. The van der Waals surface area contributed by atoms with Crippen LogP contribution in [0, 0.1) is 5.92 Å². The third kappa shape index (κ3) is 5.13. The number of rotatable bonds is 5. The fourth-order valence-electron chi connectivity index (χ4n) is 1.13. The van der Waals surface area contributed by atoms with E-state index >= 15 is 0 Å². The molecule has 1 amide bonds. The fourth-order valence-corrected chi connectivity index (χ4v) is 1.13. The minimum Gasteiger partial charge on any atom is -0.369 e. The number of carbonyl (C=O) groups is 1. The lowest BCUT2D eigenvalue weighted by atomic mass is 10.2. The molecule has 0 aliphatic carbocycles. The Hall–Kier alpha value is -0.570. The van der Waals surface area contributed by atoms with Gasteiger partial charge in [-0.3, -0.25) is 9.69 Å². The summed E-state index contributed by atoms with van der Waals surface area (Å²) in [5.41, 5.74) is 5.13. The molecule has 0 fully saturated rings. The van der Waals surface area contributed by atoms with Gasteiger partial charge in [0.25, 0.3) is 0 Å². The van der Waals surface area contributed by atoms with Crippen molar-refractivity contribution in [3.05, 3.63) is 0 Å². The molecule has 12 heavy (non-hydrogen) atoms. The van der Waals surface area contributed by atoms with Gasteiger partial charge in [-0.15, -0.1) is 0 Å². The molecule has 2 N–H and O–H groups in total. The summed E-state index contributed by atoms with van der Waals surface area (Å²) >= 11 is 0. The zero-order valence-corrected chi connectivity index (χ0v) is 8.50. The molecule has 0 radical (unpaired) electrons. The van der Waals surface area contributed by atoms with Gasteiger partial charge in [-0.05, 0) is 19.8 Å². The molecule has 0 unspecified atom stereocenters. The molecular formula is C9H20N2O. The number of carbonyl (C=O) groups excluding carboxylic acids is 1. The fraction of sp³-hybridized carbons (Fsp3) is 0.889. The van der Waals surface area contributed by atoms with Crippen LogP contribution in [0.1, 0.15) is 27.7 Å². The van der Waals surface area contributed by atoms with Crippen molar-refractivity contribution in [2.24, 2.45) is 11.7 Å². The summed E-state index contributed by atoms with van der Waals surface area (Å²) in [5.74, 6) is 0.330. The van der Waals surface area contributed by atoms with Gasteiger partial charge in [0.05, 0.1) is 6.54 Å². The van der Waals surface area contributed by atoms with Crippen LogP contribution < -0.4 is 5.73 Å². The molecule has 0 aliphatic heterocycles. The predicted octanol–water partition coefficient (Wildman–Crippen LogP) is 0.838. The van der Waals surface area contributed by atoms with Gasteiger partial charge in [0.1, 0.15) is 0 Å². The van der Waals surface area contributed by atoms with Crippen molar-refractivity contribution in [2.75, 3.05) is 13.1 Å². The Morgan fingerprint density at radius 2 is 1.83 bits per heavy atom. The molecular weight excluding hydrogens is 152 g/mol. The average Bonchev–Trinajstić information content (AvgIpc) is 1.83. The smallest absolute Gasteiger partial charge is 0.231 e. The Morgan fingerprint density at radius 3 is 2.08 bits per heavy atom. The first-order chi connectivity index (χ1) is 5.43. The minimum absolute atomic E-state index is 0.246. The average molecular weight is 172 g/mol. The molecule has 0 aromatic rings. The molecule has 0 aromatic carbocycles. The van der Waals surface area contributed by atoms with Gasteiger partial charge < -0.3 is 5.73 Å². The standard InChI is InChI=1S/C9H20N2O/c1-7(2)5-11(8(3)4)6-9(10)12/h7-8H,5-6H2,1-4H3,(H2,10,12). The highest BCUT2D eigenvalue weighted by atomic mass is 16.1. The van der Waals surface area contributed by atoms with Crippen molar-refractivity contribution < 1.29 is 4.79 Å². The summed E-state index contributed by atoms with van der Waals surface area (Å²) in [6, 6.07) is 0.389. The van der Waals surface area contributed by atoms with E-state index in [0.29, 0.717) is 18.5 Å². The van der Waals surface area contributed by atoms with E-state index in [1.165, 1.54) is 0 Å². The molecule has 3 heteroatoms. The first kappa shape index (κ1) is 11.4. The van der Waals surface area contributed by atoms with Crippen LogP contribution in [-0.4, -0.2) is 29.9 Å². The maximum Gasteiger partial charge on any atom is 0.231 e. The highest BCUT2D eigenvalue weighted by Gasteiger charge is 2.12. The molecule has 0 atom stereocenters. The van der Waals surface area contributed by atoms with Gasteiger partial charge in [0, 0.05) is 12.6 Å². The number of nitrogens with zero attached hydrogens (tertiary/aromatic N) is 1. The molecule has 72 valence electrons. The summed E-state index contributed by atoms with van der Waals surface area (Å²) in [4.78, 5) is 12.8. The van der Waals surface area contributed by atoms with Crippen molar-refractivity contribution in [3.63, 3.8) is 0 Å². The molecule has 0 rings (SSSR count). The second-order valence-electron chi connectivity index (χ2n) is 3.88. The Morgan fingerprint density at radius 1 is 1.33 bits per heavy atom. The topological polar surface area (TPSA) is 46.3 Å². The number of primary amides is 1. The van der Waals surface area contributed by atoms with Crippen LogP contribution in [-0.2, 0) is 4.79 Å². The molecule has 0 spiro atoms. The Bertz CT molecular complexity index is 143. The Labute approximate surface area is 74.9 Å². The van der Waals surface area contributed by atoms with Crippen LogP contribution in [0.4, 0.5) is 0 Å². The van der Waals surface area contributed by atoms with Gasteiger partial charge in [0.15, 0.2) is 0 Å². The molecule has 0 saturated heterocycles. The molecule has 0 bridgehead atoms. The van der Waals surface area contributed by atoms with E-state index in [1.54, 1.807) is 0 Å². The van der Waals surface area contributed by atoms with Gasteiger partial charge in [-0.2, -0.15) is 0 Å². The van der Waals surface area contributed by atoms with Crippen LogP contribution in [0.3, 0.4) is 0 Å². The first-order valence-electron chi connectivity index (χ1n) is 4.45. The maximum atomic E-state index is 10.7. The number of nitrogens with two attached hydrogens (primary N) is 1. The number of hydrogen-bond donors (Lipinski definition) is 1. The van der Waals surface area contributed by atoms with Gasteiger partial charge >= 0.3 is 0 Å². The lowest BCUT2D eigenvalue weighted by Gasteiger charge is -2.26. The van der Waals surface area contributed by atoms with Gasteiger partial charge in [-0.25, -0.2) is 0 Å². The van der Waals surface area contributed by atoms with E-state index < -0.39 is 0 Å². The van der Waals surface area contributed by atoms with E-state index in [4.69, 9.17) is 5.73 Å². The number of hydrogen-bond acceptors (Lipinski definition) is 2. The highest BCUT2D eigenvalue weighted by molar-refractivity contribution is 5.75. The summed E-state index contributed by atoms with van der Waals surface area (Å²) in [7, 11) is 0. The normalized spacial score (nSPS) is 11.6. The molecule has 0 heterocycles. The van der Waals surface area contributed by atoms with Crippen LogP contribution in [0.5, 0.6) is 0 Å². The quantitative estimate of drug-likeness (QED) is 0.668. The molecule has 0 aromatic heterocycles. The van der Waals surface area contributed by atoms with E-state index in [1.807, 2.05) is 0 Å². The van der Waals surface area contributed by atoms with E-state index in [0.717, 1.165) is 6.54 Å². The second kappa shape index (κ2) is 5.14. The minimum atomic E-state index is -0.246. The number of amides is 1. The summed E-state index contributed by atoms with van der Waals surface area (Å²) in [5, 5.41) is 0. The van der Waals surface area contributed by atoms with E-state index in [9.17, 15) is 4.79 Å².